The van der Waals surface area contributed by atoms with Crippen LogP contribution in [0.25, 0.3) is 0 Å². The molecule has 0 fully saturated rings. The summed E-state index contributed by atoms with van der Waals surface area (Å²) in [5.74, 6) is 13.4. The Morgan fingerprint density at radius 1 is 0.690 bits per heavy atom. The lowest BCUT2D eigenvalue weighted by Gasteiger charge is -2.35. The van der Waals surface area contributed by atoms with Crippen LogP contribution in [0.3, 0.4) is 0 Å². The fourth-order valence-electron chi connectivity index (χ4n) is 5.87. The van der Waals surface area contributed by atoms with Crippen molar-refractivity contribution in [2.45, 2.75) is 107 Å². The average Bonchev–Trinajstić information content (AvgIpc) is 2.84. The molecule has 3 N–H and O–H groups in total. The molecule has 0 amide bonds. The molecule has 2 nitrogen and oxygen atoms in total. The van der Waals surface area contributed by atoms with E-state index in [2.05, 4.69) is 135 Å². The van der Waals surface area contributed by atoms with Gasteiger partial charge < -0.3 is 10.8 Å². The topological polar surface area (TPSA) is 46.2 Å². The van der Waals surface area contributed by atoms with Crippen molar-refractivity contribution in [2.75, 3.05) is 0 Å². The summed E-state index contributed by atoms with van der Waals surface area (Å²) in [6.45, 7) is 21.3. The van der Waals surface area contributed by atoms with Gasteiger partial charge in [0.2, 0.25) is 0 Å². The highest BCUT2D eigenvalue weighted by atomic mass is 16.3. The van der Waals surface area contributed by atoms with Gasteiger partial charge in [0.25, 0.3) is 0 Å². The molecule has 2 rings (SSSR count). The van der Waals surface area contributed by atoms with Gasteiger partial charge in [-0.3, -0.25) is 0 Å². The number of rotatable bonds is 6. The first-order valence-corrected chi connectivity index (χ1v) is 15.2. The van der Waals surface area contributed by atoms with Crippen molar-refractivity contribution in [3.8, 4) is 23.7 Å². The molecule has 2 heteroatoms. The van der Waals surface area contributed by atoms with E-state index in [0.717, 1.165) is 42.4 Å². The molecule has 0 radical (unpaired) electrons. The van der Waals surface area contributed by atoms with Gasteiger partial charge in [-0.1, -0.05) is 134 Å². The van der Waals surface area contributed by atoms with E-state index < -0.39 is 0 Å². The van der Waals surface area contributed by atoms with E-state index in [4.69, 9.17) is 5.73 Å². The molecular formula is C40H53NO. The Hall–Kier alpha value is -3.30. The van der Waals surface area contributed by atoms with Crippen LogP contribution in [0.2, 0.25) is 0 Å². The average molecular weight is 564 g/mol. The summed E-state index contributed by atoms with van der Waals surface area (Å²) < 4.78 is 0. The Morgan fingerprint density at radius 2 is 1.12 bits per heavy atom. The zero-order valence-electron chi connectivity index (χ0n) is 27.8. The van der Waals surface area contributed by atoms with Gasteiger partial charge in [-0.05, 0) is 83.8 Å². The van der Waals surface area contributed by atoms with Crippen molar-refractivity contribution in [1.29, 1.82) is 0 Å². The smallest absolute Gasteiger partial charge is 0.0586 e. The summed E-state index contributed by atoms with van der Waals surface area (Å²) in [5.41, 5.74) is 15.5. The third-order valence-corrected chi connectivity index (χ3v) is 7.85. The molecule has 0 saturated heterocycles. The second-order valence-corrected chi connectivity index (χ2v) is 13.4. The van der Waals surface area contributed by atoms with Crippen molar-refractivity contribution in [3.05, 3.63) is 105 Å². The van der Waals surface area contributed by atoms with Crippen LogP contribution in [0.1, 0.15) is 94.9 Å². The van der Waals surface area contributed by atoms with Crippen molar-refractivity contribution in [1.82, 2.24) is 0 Å². The van der Waals surface area contributed by atoms with Gasteiger partial charge in [-0.2, -0.15) is 0 Å². The zero-order valence-corrected chi connectivity index (χ0v) is 27.8. The lowest BCUT2D eigenvalue weighted by atomic mass is 9.71. The van der Waals surface area contributed by atoms with Gasteiger partial charge >= 0.3 is 0 Å². The normalized spacial score (nSPS) is 23.9. The molecule has 42 heavy (non-hydrogen) atoms. The Balaban J connectivity index is 1.93. The van der Waals surface area contributed by atoms with E-state index in [-0.39, 0.29) is 23.0 Å². The minimum atomic E-state index is -0.260. The molecule has 2 aliphatic carbocycles. The predicted octanol–water partition coefficient (Wildman–Crippen LogP) is 9.41. The van der Waals surface area contributed by atoms with E-state index >= 15 is 0 Å². The van der Waals surface area contributed by atoms with E-state index in [0.29, 0.717) is 0 Å². The van der Waals surface area contributed by atoms with Crippen LogP contribution in [0, 0.1) is 34.5 Å². The maximum atomic E-state index is 10.1. The second-order valence-electron chi connectivity index (χ2n) is 13.4. The van der Waals surface area contributed by atoms with E-state index in [1.165, 1.54) is 27.9 Å². The highest BCUT2D eigenvalue weighted by Crippen LogP contribution is 2.40. The second kappa shape index (κ2) is 15.8. The van der Waals surface area contributed by atoms with Crippen LogP contribution in [0.5, 0.6) is 0 Å². The summed E-state index contributed by atoms with van der Waals surface area (Å²) in [6.07, 6.45) is 23.9. The van der Waals surface area contributed by atoms with Crippen molar-refractivity contribution in [3.63, 3.8) is 0 Å². The van der Waals surface area contributed by atoms with Crippen LogP contribution >= 0.6 is 0 Å². The maximum absolute atomic E-state index is 10.1. The van der Waals surface area contributed by atoms with Gasteiger partial charge in [0, 0.05) is 22.6 Å². The molecule has 0 saturated carbocycles. The van der Waals surface area contributed by atoms with Crippen molar-refractivity contribution >= 4 is 0 Å². The first kappa shape index (κ1) is 34.9. The van der Waals surface area contributed by atoms with Gasteiger partial charge in [0.1, 0.15) is 0 Å². The molecule has 224 valence electrons. The fraction of sp³-hybridized carbons (Fsp3) is 0.450. The molecular weight excluding hydrogens is 510 g/mol. The van der Waals surface area contributed by atoms with E-state index in [1.54, 1.807) is 0 Å². The first-order chi connectivity index (χ1) is 19.6. The molecule has 2 aliphatic rings. The van der Waals surface area contributed by atoms with Gasteiger partial charge in [-0.25, -0.2) is 0 Å². The highest BCUT2D eigenvalue weighted by molar-refractivity contribution is 5.46. The third kappa shape index (κ3) is 11.5. The zero-order chi connectivity index (χ0) is 31.5. The minimum Gasteiger partial charge on any atom is -0.393 e. The molecule has 0 heterocycles. The summed E-state index contributed by atoms with van der Waals surface area (Å²) in [7, 11) is 0. The molecule has 0 aromatic rings. The molecule has 0 spiro atoms. The van der Waals surface area contributed by atoms with Crippen LogP contribution in [-0.4, -0.2) is 17.3 Å². The fourth-order valence-corrected chi connectivity index (χ4v) is 5.87. The number of hydrogen-bond donors (Lipinski definition) is 2. The third-order valence-electron chi connectivity index (χ3n) is 7.85. The summed E-state index contributed by atoms with van der Waals surface area (Å²) in [4.78, 5) is 0. The van der Waals surface area contributed by atoms with Gasteiger partial charge in [-0.15, -0.1) is 0 Å². The quantitative estimate of drug-likeness (QED) is 0.250. The molecule has 0 aromatic heterocycles. The molecule has 0 aromatic carbocycles. The van der Waals surface area contributed by atoms with Crippen LogP contribution < -0.4 is 5.73 Å². The van der Waals surface area contributed by atoms with Crippen LogP contribution in [0.15, 0.2) is 105 Å². The predicted molar refractivity (Wildman–Crippen MR) is 183 cm³/mol. The van der Waals surface area contributed by atoms with Crippen molar-refractivity contribution in [2.24, 2.45) is 16.6 Å². The molecule has 0 aliphatic heterocycles. The number of aliphatic hydroxyl groups excluding tert-OH is 1. The molecule has 2 unspecified atom stereocenters. The Morgan fingerprint density at radius 3 is 1.55 bits per heavy atom. The number of aliphatic hydroxyl groups is 1. The largest absolute Gasteiger partial charge is 0.393 e. The monoisotopic (exact) mass is 563 g/mol. The number of nitrogens with two attached hydrogens (primary N) is 1. The summed E-state index contributed by atoms with van der Waals surface area (Å²) in [6, 6.07) is 0.237. The van der Waals surface area contributed by atoms with E-state index in [9.17, 15) is 5.11 Å². The highest BCUT2D eigenvalue weighted by Gasteiger charge is 2.32. The van der Waals surface area contributed by atoms with E-state index in [1.807, 2.05) is 19.1 Å². The maximum Gasteiger partial charge on any atom is 0.0586 e. The molecule has 0 bridgehead atoms. The van der Waals surface area contributed by atoms with Crippen molar-refractivity contribution < 1.29 is 5.11 Å². The summed E-state index contributed by atoms with van der Waals surface area (Å²) in [5, 5.41) is 10.1. The Kier molecular flexibility index (Phi) is 13.1. The minimum absolute atomic E-state index is 0.0410. The van der Waals surface area contributed by atoms with Gasteiger partial charge in [0.15, 0.2) is 0 Å². The van der Waals surface area contributed by atoms with Crippen LogP contribution in [-0.2, 0) is 0 Å². The van der Waals surface area contributed by atoms with Gasteiger partial charge in [0.05, 0.1) is 6.10 Å². The lowest BCUT2D eigenvalue weighted by molar-refractivity contribution is 0.117. The first-order valence-electron chi connectivity index (χ1n) is 15.2. The SMILES string of the molecule is CC1=C(C#C/C(C)=C/C=C/C(C)=C/C=C/C=C(C)/C=C/C=C(\C)C#CC2=C(C)CC(O)CC2(C)C)C(C)(C)CC(N)C1. The number of allylic oxidation sites excluding steroid dienone is 16. The summed E-state index contributed by atoms with van der Waals surface area (Å²) >= 11 is 0. The van der Waals surface area contributed by atoms with Crippen LogP contribution in [0.4, 0.5) is 0 Å². The number of hydrogen-bond acceptors (Lipinski definition) is 2. The standard InChI is InChI=1S/C40H53NO/c1-29(17-13-19-31(3)21-23-37-33(5)25-35(41)27-39(37,7)8)15-11-12-16-30(2)18-14-20-32(4)22-24-38-34(6)26-36(42)28-40(38,9)10/h11-20,35-36,42H,25-28,41H2,1-10H3/b12-11+,17-13+,18-14+,29-15+,30-16+,31-19+,32-20+. The Labute approximate surface area is 257 Å². The Bertz CT molecular complexity index is 1290. The lowest BCUT2D eigenvalue weighted by Crippen LogP contribution is -2.34. The molecule has 2 atom stereocenters.